The molecule has 0 aliphatic carbocycles. The van der Waals surface area contributed by atoms with Crippen LogP contribution in [0.4, 0.5) is 14.5 Å². The van der Waals surface area contributed by atoms with E-state index in [-0.39, 0.29) is 35.9 Å². The van der Waals surface area contributed by atoms with E-state index in [4.69, 9.17) is 16.7 Å². The van der Waals surface area contributed by atoms with E-state index in [1.165, 1.54) is 18.2 Å². The Morgan fingerprint density at radius 2 is 2.25 bits per heavy atom. The molecule has 0 aromatic heterocycles. The number of aliphatic hydroxyl groups is 1. The molecule has 134 valence electrons. The van der Waals surface area contributed by atoms with Crippen molar-refractivity contribution in [3.8, 4) is 5.75 Å². The molecule has 0 spiro atoms. The first-order chi connectivity index (χ1) is 11.5. The molecule has 2 N–H and O–H groups in total. The van der Waals surface area contributed by atoms with Crippen LogP contribution in [-0.2, 0) is 4.79 Å². The lowest BCUT2D eigenvalue weighted by atomic mass is 10.00. The SMILES string of the molecule is O=C(CN1CCCCC1CCO)Nc1ccc(OC(F)F)c(Cl)c1. The summed E-state index contributed by atoms with van der Waals surface area (Å²) in [5.74, 6) is -0.345. The van der Waals surface area contributed by atoms with Gasteiger partial charge in [-0.15, -0.1) is 0 Å². The standard InChI is InChI=1S/C16H21ClF2N2O3/c17-13-9-11(4-5-14(13)24-16(18)19)20-15(23)10-21-7-2-1-3-12(21)6-8-22/h4-5,9,12,16,22H,1-3,6-8,10H2,(H,20,23). The summed E-state index contributed by atoms with van der Waals surface area (Å²) >= 11 is 5.87. The van der Waals surface area contributed by atoms with E-state index < -0.39 is 6.61 Å². The Kier molecular flexibility index (Phi) is 7.20. The van der Waals surface area contributed by atoms with E-state index in [1.807, 2.05) is 0 Å². The van der Waals surface area contributed by atoms with E-state index in [1.54, 1.807) is 0 Å². The Hall–Kier alpha value is -1.44. The molecule has 1 fully saturated rings. The molecule has 2 rings (SSSR count). The Bertz CT molecular complexity index is 558. The molecule has 1 amide bonds. The quantitative estimate of drug-likeness (QED) is 0.782. The van der Waals surface area contributed by atoms with E-state index in [2.05, 4.69) is 15.0 Å². The van der Waals surface area contributed by atoms with Crippen LogP contribution in [0.5, 0.6) is 5.75 Å². The van der Waals surface area contributed by atoms with Crippen molar-refractivity contribution in [3.05, 3.63) is 23.2 Å². The number of nitrogens with one attached hydrogen (secondary N) is 1. The second-order valence-corrected chi connectivity index (χ2v) is 6.11. The zero-order valence-electron chi connectivity index (χ0n) is 13.2. The monoisotopic (exact) mass is 362 g/mol. The average molecular weight is 363 g/mol. The van der Waals surface area contributed by atoms with Gasteiger partial charge in [0.25, 0.3) is 0 Å². The third-order valence-corrected chi connectivity index (χ3v) is 4.29. The van der Waals surface area contributed by atoms with Gasteiger partial charge >= 0.3 is 6.61 Å². The third kappa shape index (κ3) is 5.58. The average Bonchev–Trinajstić information content (AvgIpc) is 2.52. The fourth-order valence-electron chi connectivity index (χ4n) is 2.90. The molecule has 1 saturated heterocycles. The summed E-state index contributed by atoms with van der Waals surface area (Å²) < 4.78 is 28.7. The summed E-state index contributed by atoms with van der Waals surface area (Å²) in [4.78, 5) is 14.3. The summed E-state index contributed by atoms with van der Waals surface area (Å²) in [6, 6.07) is 4.33. The number of halogens is 3. The highest BCUT2D eigenvalue weighted by Gasteiger charge is 2.23. The van der Waals surface area contributed by atoms with Gasteiger partial charge in [0.2, 0.25) is 5.91 Å². The Balaban J connectivity index is 1.92. The van der Waals surface area contributed by atoms with Crippen molar-refractivity contribution in [3.63, 3.8) is 0 Å². The number of aliphatic hydroxyl groups excluding tert-OH is 1. The van der Waals surface area contributed by atoms with Crippen molar-refractivity contribution in [2.24, 2.45) is 0 Å². The molecule has 1 aromatic rings. The molecule has 1 atom stereocenters. The van der Waals surface area contributed by atoms with Gasteiger partial charge in [-0.1, -0.05) is 18.0 Å². The summed E-state index contributed by atoms with van der Waals surface area (Å²) in [5, 5.41) is 11.8. The van der Waals surface area contributed by atoms with Crippen LogP contribution in [0.3, 0.4) is 0 Å². The number of ether oxygens (including phenoxy) is 1. The number of carbonyl (C=O) groups excluding carboxylic acids is 1. The van der Waals surface area contributed by atoms with Gasteiger partial charge in [-0.25, -0.2) is 0 Å². The number of amides is 1. The van der Waals surface area contributed by atoms with Gasteiger partial charge < -0.3 is 15.2 Å². The van der Waals surface area contributed by atoms with E-state index in [9.17, 15) is 13.6 Å². The van der Waals surface area contributed by atoms with Gasteiger partial charge in [0.05, 0.1) is 11.6 Å². The lowest BCUT2D eigenvalue weighted by Crippen LogP contribution is -2.44. The summed E-state index contributed by atoms with van der Waals surface area (Å²) in [6.07, 6.45) is 3.75. The minimum atomic E-state index is -2.95. The van der Waals surface area contributed by atoms with Gasteiger partial charge in [0.1, 0.15) is 5.75 Å². The Morgan fingerprint density at radius 1 is 1.46 bits per heavy atom. The lowest BCUT2D eigenvalue weighted by molar-refractivity contribution is -0.118. The highest BCUT2D eigenvalue weighted by molar-refractivity contribution is 6.32. The van der Waals surface area contributed by atoms with Gasteiger partial charge in [0, 0.05) is 18.3 Å². The van der Waals surface area contributed by atoms with Gasteiger partial charge in [-0.2, -0.15) is 8.78 Å². The Labute approximate surface area is 144 Å². The first-order valence-electron chi connectivity index (χ1n) is 7.88. The van der Waals surface area contributed by atoms with Crippen molar-refractivity contribution < 1.29 is 23.4 Å². The zero-order valence-corrected chi connectivity index (χ0v) is 13.9. The molecule has 1 aromatic carbocycles. The van der Waals surface area contributed by atoms with Crippen molar-refractivity contribution in [2.75, 3.05) is 25.0 Å². The molecule has 0 bridgehead atoms. The van der Waals surface area contributed by atoms with Crippen molar-refractivity contribution >= 4 is 23.2 Å². The van der Waals surface area contributed by atoms with Crippen LogP contribution in [0.15, 0.2) is 18.2 Å². The van der Waals surface area contributed by atoms with Crippen molar-refractivity contribution in [2.45, 2.75) is 38.3 Å². The molecule has 1 aliphatic rings. The number of nitrogens with zero attached hydrogens (tertiary/aromatic N) is 1. The topological polar surface area (TPSA) is 61.8 Å². The van der Waals surface area contributed by atoms with Gasteiger partial charge in [-0.3, -0.25) is 9.69 Å². The molecule has 5 nitrogen and oxygen atoms in total. The second kappa shape index (κ2) is 9.15. The van der Waals surface area contributed by atoms with Gasteiger partial charge in [-0.05, 0) is 44.0 Å². The minimum Gasteiger partial charge on any atom is -0.433 e. The number of hydrogen-bond donors (Lipinski definition) is 2. The molecule has 1 unspecified atom stereocenters. The predicted molar refractivity (Wildman–Crippen MR) is 87.6 cm³/mol. The molecule has 1 heterocycles. The summed E-state index contributed by atoms with van der Waals surface area (Å²) in [5.41, 5.74) is 0.419. The first kappa shape index (κ1) is 18.9. The fraction of sp³-hybridized carbons (Fsp3) is 0.562. The molecule has 0 saturated carbocycles. The summed E-state index contributed by atoms with van der Waals surface area (Å²) in [6.45, 7) is -1.81. The maximum Gasteiger partial charge on any atom is 0.387 e. The van der Waals surface area contributed by atoms with Crippen molar-refractivity contribution in [1.82, 2.24) is 4.90 Å². The normalized spacial score (nSPS) is 18.6. The number of anilines is 1. The molecular formula is C16H21ClF2N2O3. The number of likely N-dealkylation sites (tertiary alicyclic amines) is 1. The van der Waals surface area contributed by atoms with Crippen LogP contribution in [-0.4, -0.2) is 48.3 Å². The van der Waals surface area contributed by atoms with Crippen LogP contribution < -0.4 is 10.1 Å². The van der Waals surface area contributed by atoms with E-state index in [0.29, 0.717) is 12.1 Å². The van der Waals surface area contributed by atoms with E-state index in [0.717, 1.165) is 25.8 Å². The smallest absolute Gasteiger partial charge is 0.387 e. The van der Waals surface area contributed by atoms with Crippen LogP contribution in [0, 0.1) is 0 Å². The predicted octanol–water partition coefficient (Wildman–Crippen LogP) is 3.12. The molecule has 1 aliphatic heterocycles. The highest BCUT2D eigenvalue weighted by Crippen LogP contribution is 2.29. The number of benzene rings is 1. The van der Waals surface area contributed by atoms with Crippen LogP contribution in [0.25, 0.3) is 0 Å². The zero-order chi connectivity index (χ0) is 17.5. The number of carbonyl (C=O) groups is 1. The van der Waals surface area contributed by atoms with Crippen molar-refractivity contribution in [1.29, 1.82) is 0 Å². The minimum absolute atomic E-state index is 0.00392. The summed E-state index contributed by atoms with van der Waals surface area (Å²) in [7, 11) is 0. The van der Waals surface area contributed by atoms with E-state index >= 15 is 0 Å². The number of alkyl halides is 2. The number of hydrogen-bond acceptors (Lipinski definition) is 4. The molecule has 24 heavy (non-hydrogen) atoms. The van der Waals surface area contributed by atoms with Crippen LogP contribution in [0.1, 0.15) is 25.7 Å². The Morgan fingerprint density at radius 3 is 2.92 bits per heavy atom. The highest BCUT2D eigenvalue weighted by atomic mass is 35.5. The number of rotatable bonds is 7. The number of piperidine rings is 1. The lowest BCUT2D eigenvalue weighted by Gasteiger charge is -2.34. The first-order valence-corrected chi connectivity index (χ1v) is 8.26. The largest absolute Gasteiger partial charge is 0.433 e. The van der Waals surface area contributed by atoms with Gasteiger partial charge in [0.15, 0.2) is 0 Å². The third-order valence-electron chi connectivity index (χ3n) is 3.99. The molecule has 0 radical (unpaired) electrons. The maximum absolute atomic E-state index is 12.2. The second-order valence-electron chi connectivity index (χ2n) is 5.70. The fourth-order valence-corrected chi connectivity index (χ4v) is 3.12. The molecule has 8 heteroatoms. The van der Waals surface area contributed by atoms with Crippen LogP contribution in [0.2, 0.25) is 5.02 Å². The van der Waals surface area contributed by atoms with Crippen LogP contribution >= 0.6 is 11.6 Å². The maximum atomic E-state index is 12.2. The molecular weight excluding hydrogens is 342 g/mol.